The molecule has 0 saturated heterocycles. The number of hydrogen-bond acceptors (Lipinski definition) is 6. The SMILES string of the molecule is COCCNC(=O)CCNc1ncnc2c1cnn2C. The number of amides is 1. The molecule has 0 unspecified atom stereocenters. The first-order valence-electron chi connectivity index (χ1n) is 6.34. The maximum absolute atomic E-state index is 11.5. The fourth-order valence-corrected chi connectivity index (χ4v) is 1.78. The molecule has 2 aromatic rings. The highest BCUT2D eigenvalue weighted by Gasteiger charge is 2.07. The Hall–Kier alpha value is -2.22. The van der Waals surface area contributed by atoms with E-state index in [1.54, 1.807) is 18.0 Å². The predicted molar refractivity (Wildman–Crippen MR) is 74.3 cm³/mol. The van der Waals surface area contributed by atoms with Crippen LogP contribution in [-0.2, 0) is 16.6 Å². The van der Waals surface area contributed by atoms with E-state index in [-0.39, 0.29) is 5.91 Å². The molecule has 0 aromatic carbocycles. The molecule has 0 atom stereocenters. The first-order valence-corrected chi connectivity index (χ1v) is 6.34. The van der Waals surface area contributed by atoms with Crippen LogP contribution in [0, 0.1) is 0 Å². The predicted octanol–water partition coefficient (Wildman–Crippen LogP) is -0.0721. The van der Waals surface area contributed by atoms with Gasteiger partial charge in [-0.2, -0.15) is 5.10 Å². The van der Waals surface area contributed by atoms with E-state index in [1.165, 1.54) is 6.33 Å². The van der Waals surface area contributed by atoms with Crippen molar-refractivity contribution in [2.45, 2.75) is 6.42 Å². The molecule has 2 rings (SSSR count). The Labute approximate surface area is 116 Å². The standard InChI is InChI=1S/C12H18N6O2/c1-18-12-9(7-17-18)11(15-8-16-12)14-4-3-10(19)13-5-6-20-2/h7-8H,3-6H2,1-2H3,(H,13,19)(H,14,15,16). The first kappa shape index (κ1) is 14.2. The average Bonchev–Trinajstić information content (AvgIpc) is 2.82. The molecule has 108 valence electrons. The summed E-state index contributed by atoms with van der Waals surface area (Å²) < 4.78 is 6.54. The summed E-state index contributed by atoms with van der Waals surface area (Å²) in [5, 5.41) is 10.9. The van der Waals surface area contributed by atoms with Gasteiger partial charge in [-0.25, -0.2) is 9.97 Å². The van der Waals surface area contributed by atoms with Crippen LogP contribution in [0.2, 0.25) is 0 Å². The molecule has 2 N–H and O–H groups in total. The fourth-order valence-electron chi connectivity index (χ4n) is 1.78. The third-order valence-corrected chi connectivity index (χ3v) is 2.80. The van der Waals surface area contributed by atoms with Crippen molar-refractivity contribution in [2.75, 3.05) is 32.1 Å². The number of rotatable bonds is 7. The van der Waals surface area contributed by atoms with Gasteiger partial charge in [-0.3, -0.25) is 9.48 Å². The van der Waals surface area contributed by atoms with E-state index in [0.717, 1.165) is 11.0 Å². The number of fused-ring (bicyclic) bond motifs is 1. The summed E-state index contributed by atoms with van der Waals surface area (Å²) in [5.41, 5.74) is 0.757. The number of carbonyl (C=O) groups is 1. The van der Waals surface area contributed by atoms with Gasteiger partial charge >= 0.3 is 0 Å². The van der Waals surface area contributed by atoms with Crippen molar-refractivity contribution >= 4 is 22.8 Å². The molecule has 0 bridgehead atoms. The van der Waals surface area contributed by atoms with Gasteiger partial charge in [-0.1, -0.05) is 0 Å². The Bertz CT molecular complexity index is 582. The lowest BCUT2D eigenvalue weighted by Crippen LogP contribution is -2.28. The van der Waals surface area contributed by atoms with Gasteiger partial charge < -0.3 is 15.4 Å². The van der Waals surface area contributed by atoms with Crippen LogP contribution in [0.1, 0.15) is 6.42 Å². The van der Waals surface area contributed by atoms with Crippen molar-refractivity contribution in [1.29, 1.82) is 0 Å². The highest BCUT2D eigenvalue weighted by atomic mass is 16.5. The topological polar surface area (TPSA) is 94.0 Å². The molecule has 8 heteroatoms. The van der Waals surface area contributed by atoms with Crippen LogP contribution in [0.4, 0.5) is 5.82 Å². The van der Waals surface area contributed by atoms with E-state index in [2.05, 4.69) is 25.7 Å². The molecule has 0 spiro atoms. The van der Waals surface area contributed by atoms with Crippen molar-refractivity contribution in [2.24, 2.45) is 7.05 Å². The second-order valence-electron chi connectivity index (χ2n) is 4.25. The Morgan fingerprint density at radius 1 is 1.40 bits per heavy atom. The highest BCUT2D eigenvalue weighted by Crippen LogP contribution is 2.17. The second kappa shape index (κ2) is 6.80. The monoisotopic (exact) mass is 278 g/mol. The quantitative estimate of drug-likeness (QED) is 0.688. The summed E-state index contributed by atoms with van der Waals surface area (Å²) in [6.07, 6.45) is 3.55. The minimum Gasteiger partial charge on any atom is -0.383 e. The summed E-state index contributed by atoms with van der Waals surface area (Å²) in [7, 11) is 3.42. The lowest BCUT2D eigenvalue weighted by atomic mass is 10.3. The number of ether oxygens (including phenoxy) is 1. The maximum atomic E-state index is 11.5. The van der Waals surface area contributed by atoms with E-state index < -0.39 is 0 Å². The Balaban J connectivity index is 1.85. The molecule has 20 heavy (non-hydrogen) atoms. The van der Waals surface area contributed by atoms with Crippen molar-refractivity contribution in [3.63, 3.8) is 0 Å². The summed E-state index contributed by atoms with van der Waals surface area (Å²) >= 11 is 0. The van der Waals surface area contributed by atoms with Crippen LogP contribution in [-0.4, -0.2) is 52.5 Å². The molecule has 0 fully saturated rings. The van der Waals surface area contributed by atoms with E-state index >= 15 is 0 Å². The molecule has 0 saturated carbocycles. The number of hydrogen-bond donors (Lipinski definition) is 2. The maximum Gasteiger partial charge on any atom is 0.221 e. The van der Waals surface area contributed by atoms with Crippen molar-refractivity contribution in [3.8, 4) is 0 Å². The number of aryl methyl sites for hydroxylation is 1. The first-order chi connectivity index (χ1) is 9.72. The lowest BCUT2D eigenvalue weighted by Gasteiger charge is -2.07. The smallest absolute Gasteiger partial charge is 0.221 e. The largest absolute Gasteiger partial charge is 0.383 e. The summed E-state index contributed by atoms with van der Waals surface area (Å²) in [6.45, 7) is 1.54. The summed E-state index contributed by atoms with van der Waals surface area (Å²) in [4.78, 5) is 19.8. The highest BCUT2D eigenvalue weighted by molar-refractivity contribution is 5.86. The van der Waals surface area contributed by atoms with E-state index in [9.17, 15) is 4.79 Å². The molecule has 2 heterocycles. The Morgan fingerprint density at radius 2 is 2.25 bits per heavy atom. The van der Waals surface area contributed by atoms with Crippen molar-refractivity contribution in [3.05, 3.63) is 12.5 Å². The Morgan fingerprint density at radius 3 is 3.05 bits per heavy atom. The molecule has 8 nitrogen and oxygen atoms in total. The molecule has 1 amide bonds. The van der Waals surface area contributed by atoms with Crippen LogP contribution in [0.3, 0.4) is 0 Å². The van der Waals surface area contributed by atoms with Gasteiger partial charge in [0, 0.05) is 33.7 Å². The molecule has 0 radical (unpaired) electrons. The minimum atomic E-state index is -0.0222. The van der Waals surface area contributed by atoms with Gasteiger partial charge in [0.15, 0.2) is 5.65 Å². The van der Waals surface area contributed by atoms with Crippen molar-refractivity contribution < 1.29 is 9.53 Å². The zero-order chi connectivity index (χ0) is 14.4. The van der Waals surface area contributed by atoms with Crippen LogP contribution in [0.15, 0.2) is 12.5 Å². The summed E-state index contributed by atoms with van der Waals surface area (Å²) in [6, 6.07) is 0. The van der Waals surface area contributed by atoms with Crippen LogP contribution in [0.5, 0.6) is 0 Å². The van der Waals surface area contributed by atoms with Crippen molar-refractivity contribution in [1.82, 2.24) is 25.1 Å². The van der Waals surface area contributed by atoms with Gasteiger partial charge in [0.05, 0.1) is 18.2 Å². The lowest BCUT2D eigenvalue weighted by molar-refractivity contribution is -0.121. The normalized spacial score (nSPS) is 10.7. The number of carbonyl (C=O) groups excluding carboxylic acids is 1. The number of nitrogens with one attached hydrogen (secondary N) is 2. The molecule has 0 aliphatic rings. The van der Waals surface area contributed by atoms with Crippen LogP contribution in [0.25, 0.3) is 11.0 Å². The number of methoxy groups -OCH3 is 1. The molecule has 0 aliphatic heterocycles. The minimum absolute atomic E-state index is 0.0222. The number of aromatic nitrogens is 4. The zero-order valence-corrected chi connectivity index (χ0v) is 11.6. The number of anilines is 1. The fraction of sp³-hybridized carbons (Fsp3) is 0.500. The van der Waals surface area contributed by atoms with Gasteiger partial charge in [0.1, 0.15) is 12.1 Å². The average molecular weight is 278 g/mol. The summed E-state index contributed by atoms with van der Waals surface area (Å²) in [5.74, 6) is 0.666. The van der Waals surface area contributed by atoms with Crippen LogP contribution >= 0.6 is 0 Å². The zero-order valence-electron chi connectivity index (χ0n) is 11.6. The number of nitrogens with zero attached hydrogens (tertiary/aromatic N) is 4. The molecule has 2 aromatic heterocycles. The molecular weight excluding hydrogens is 260 g/mol. The van der Waals surface area contributed by atoms with E-state index in [0.29, 0.717) is 31.9 Å². The van der Waals surface area contributed by atoms with Gasteiger partial charge in [0.25, 0.3) is 0 Å². The second-order valence-corrected chi connectivity index (χ2v) is 4.25. The van der Waals surface area contributed by atoms with Gasteiger partial charge in [-0.05, 0) is 0 Å². The third kappa shape index (κ3) is 3.41. The van der Waals surface area contributed by atoms with Crippen LogP contribution < -0.4 is 10.6 Å². The molecule has 0 aliphatic carbocycles. The van der Waals surface area contributed by atoms with Gasteiger partial charge in [0.2, 0.25) is 5.91 Å². The third-order valence-electron chi connectivity index (χ3n) is 2.80. The van der Waals surface area contributed by atoms with Gasteiger partial charge in [-0.15, -0.1) is 0 Å². The van der Waals surface area contributed by atoms with E-state index in [4.69, 9.17) is 4.74 Å². The molecular formula is C12H18N6O2. The van der Waals surface area contributed by atoms with E-state index in [1.807, 2.05) is 7.05 Å². The Kier molecular flexibility index (Phi) is 4.83.